The van der Waals surface area contributed by atoms with Crippen LogP contribution >= 0.6 is 0 Å². The molecule has 676 valence electrons. The number of carboxylic acid groups (broad SMARTS) is 3. The van der Waals surface area contributed by atoms with Crippen LogP contribution in [0.3, 0.4) is 0 Å². The number of primary amides is 2. The number of guanidine groups is 3. The van der Waals surface area contributed by atoms with E-state index in [1.807, 2.05) is 157 Å². The third-order valence-corrected chi connectivity index (χ3v) is 19.7. The predicted molar refractivity (Wildman–Crippen MR) is 487 cm³/mol. The molecule has 6 aromatic carbocycles. The van der Waals surface area contributed by atoms with Gasteiger partial charge in [-0.15, -0.1) is 0 Å². The molecule has 9 rings (SSSR count). The first kappa shape index (κ1) is 99.2. The summed E-state index contributed by atoms with van der Waals surface area (Å²) in [5.41, 5.74) is 51.8. The van der Waals surface area contributed by atoms with Crippen molar-refractivity contribution in [1.29, 1.82) is 0 Å². The number of para-hydroxylation sites is 3. The number of carbonyl (C=O) groups excluding carboxylic acids is 10. The van der Waals surface area contributed by atoms with Crippen molar-refractivity contribution >= 4 is 112 Å². The molecule has 38 nitrogen and oxygen atoms in total. The first-order valence-corrected chi connectivity index (χ1v) is 40.9. The minimum atomic E-state index is -1.29. The van der Waals surface area contributed by atoms with Gasteiger partial charge in [-0.1, -0.05) is 146 Å². The number of benzene rings is 6. The standard InChI is InChI=1S/2C31H38N8O6.C28H34N6O4/c1-18-25(30(45)37-22(28(32)43)15-16-24(41)42)26(38-29(44)23(36-19(2)40)14-9-17-35-31(33)34)27(20-10-5-3-6-11-20)39(18)21-12-7-4-8-13-21;1-18-25(30(45)37-22(28(32)43)14-9-17-35-31(33)34)26(38-29(44)23(36-19(2)40)15-16-24(41)42)27(20-10-5-3-6-11-20)39(18)21-12-7-4-8-13-21;1-19-24(27(38)31-18-10-16-23(36)37)25(33-22(35)15-8-9-17-32-28(29)30)26(20-11-4-2-5-12-20)34(19)21-13-6-3-7-14-21/h2*3-8,10-13,22-23H,9,14-17H2,1-2H3,(H2,32,43)(H,36,40)(H,37,45)(H,38,44)(H,41,42)(H4,33,34,35);2-7,11-14H,8-10,15-18H2,1H3,(H,31,38)(H,33,35)(H,36,37)(H4,29,30,32). The summed E-state index contributed by atoms with van der Waals surface area (Å²) < 4.78 is 5.54. The van der Waals surface area contributed by atoms with E-state index in [4.69, 9.17) is 56.1 Å². The third-order valence-electron chi connectivity index (χ3n) is 19.7. The fourth-order valence-corrected chi connectivity index (χ4v) is 13.9. The lowest BCUT2D eigenvalue weighted by atomic mass is 10.1. The molecular formula is C90H110N22O16. The van der Waals surface area contributed by atoms with E-state index in [1.165, 1.54) is 13.8 Å². The molecule has 3 aromatic heterocycles. The Morgan fingerprint density at radius 3 is 0.961 bits per heavy atom. The molecule has 0 aliphatic carbocycles. The van der Waals surface area contributed by atoms with Crippen molar-refractivity contribution in [2.75, 3.05) is 42.1 Å². The van der Waals surface area contributed by atoms with Crippen molar-refractivity contribution in [2.45, 2.75) is 142 Å². The zero-order chi connectivity index (χ0) is 93.7. The Kier molecular flexibility index (Phi) is 38.3. The molecule has 9 aromatic rings. The van der Waals surface area contributed by atoms with Crippen LogP contribution in [-0.2, 0) is 47.9 Å². The number of unbranched alkanes of at least 4 members (excludes halogenated alkanes) is 1. The molecule has 3 heterocycles. The first-order valence-electron chi connectivity index (χ1n) is 40.9. The van der Waals surface area contributed by atoms with Crippen molar-refractivity contribution in [1.82, 2.24) is 40.3 Å². The smallest absolute Gasteiger partial charge is 0.303 e. The van der Waals surface area contributed by atoms with Gasteiger partial charge in [-0.05, 0) is 115 Å². The topological polar surface area (TPSA) is 639 Å². The maximum absolute atomic E-state index is 14.0. The summed E-state index contributed by atoms with van der Waals surface area (Å²) in [6.45, 7) is 8.76. The van der Waals surface area contributed by atoms with Gasteiger partial charge in [-0.2, -0.15) is 0 Å². The second kappa shape index (κ2) is 49.4. The second-order valence-electron chi connectivity index (χ2n) is 29.3. The molecule has 4 unspecified atom stereocenters. The van der Waals surface area contributed by atoms with Gasteiger partial charge in [0.05, 0.1) is 50.8 Å². The number of aliphatic imine (C=N–C) groups is 3. The molecule has 0 saturated heterocycles. The van der Waals surface area contributed by atoms with Crippen LogP contribution in [0.5, 0.6) is 0 Å². The Labute approximate surface area is 738 Å². The van der Waals surface area contributed by atoms with Gasteiger partial charge in [0.1, 0.15) is 24.2 Å². The number of carboxylic acids is 3. The van der Waals surface area contributed by atoms with Crippen molar-refractivity contribution in [2.24, 2.45) is 60.8 Å². The average Bonchev–Trinajstić information content (AvgIpc) is 1.61. The highest BCUT2D eigenvalue weighted by Crippen LogP contribution is 2.43. The van der Waals surface area contributed by atoms with Gasteiger partial charge in [-0.3, -0.25) is 77.3 Å². The summed E-state index contributed by atoms with van der Waals surface area (Å²) >= 11 is 0. The van der Waals surface area contributed by atoms with E-state index in [9.17, 15) is 67.4 Å². The van der Waals surface area contributed by atoms with E-state index in [-0.39, 0.29) is 117 Å². The first-order chi connectivity index (χ1) is 61.1. The van der Waals surface area contributed by atoms with Crippen LogP contribution in [0, 0.1) is 20.8 Å². The predicted octanol–water partition coefficient (Wildman–Crippen LogP) is 6.23. The average molecular weight is 1760 g/mol. The Morgan fingerprint density at radius 2 is 0.633 bits per heavy atom. The summed E-state index contributed by atoms with van der Waals surface area (Å²) in [5, 5.41) is 49.1. The Bertz CT molecular complexity index is 5440. The quantitative estimate of drug-likeness (QED) is 0.0114. The fraction of sp³-hybridized carbons (Fsp3) is 0.289. The zero-order valence-electron chi connectivity index (χ0n) is 71.6. The Morgan fingerprint density at radius 1 is 0.336 bits per heavy atom. The van der Waals surface area contributed by atoms with E-state index in [0.717, 1.165) is 11.3 Å². The van der Waals surface area contributed by atoms with Crippen LogP contribution in [0.25, 0.3) is 50.8 Å². The Balaban J connectivity index is 0.000000264. The maximum atomic E-state index is 14.0. The minimum Gasteiger partial charge on any atom is -0.481 e. The van der Waals surface area contributed by atoms with Crippen LogP contribution in [0.15, 0.2) is 197 Å². The van der Waals surface area contributed by atoms with Crippen molar-refractivity contribution in [3.8, 4) is 50.8 Å². The minimum absolute atomic E-state index is 0.0127. The van der Waals surface area contributed by atoms with E-state index in [1.54, 1.807) is 59.4 Å². The fourth-order valence-electron chi connectivity index (χ4n) is 13.9. The number of anilines is 3. The molecule has 0 radical (unpaired) electrons. The van der Waals surface area contributed by atoms with Crippen molar-refractivity contribution in [3.05, 3.63) is 216 Å². The zero-order valence-corrected chi connectivity index (χ0v) is 71.6. The number of aromatic nitrogens is 3. The summed E-state index contributed by atoms with van der Waals surface area (Å²) in [5.74, 6) is -9.52. The van der Waals surface area contributed by atoms with E-state index in [2.05, 4.69) is 57.5 Å². The number of rotatable bonds is 43. The largest absolute Gasteiger partial charge is 0.481 e. The van der Waals surface area contributed by atoms with Crippen LogP contribution in [-0.4, -0.2) is 174 Å². The molecule has 0 spiro atoms. The third kappa shape index (κ3) is 29.4. The Hall–Kier alpha value is -15.9. The molecule has 0 saturated carbocycles. The van der Waals surface area contributed by atoms with E-state index >= 15 is 0 Å². The van der Waals surface area contributed by atoms with Gasteiger partial charge in [0.25, 0.3) is 17.7 Å². The highest BCUT2D eigenvalue weighted by molar-refractivity contribution is 6.14. The van der Waals surface area contributed by atoms with Gasteiger partial charge in [0.15, 0.2) is 17.9 Å². The summed E-state index contributed by atoms with van der Waals surface area (Å²) in [7, 11) is 0. The van der Waals surface area contributed by atoms with Gasteiger partial charge < -0.3 is 117 Å². The highest BCUT2D eigenvalue weighted by atomic mass is 16.4. The van der Waals surface area contributed by atoms with Gasteiger partial charge in [0, 0.05) is 117 Å². The van der Waals surface area contributed by atoms with Crippen LogP contribution in [0.2, 0.25) is 0 Å². The molecule has 4 atom stereocenters. The second-order valence-corrected chi connectivity index (χ2v) is 29.3. The van der Waals surface area contributed by atoms with Gasteiger partial charge in [-0.25, -0.2) is 0 Å². The molecule has 0 aliphatic heterocycles. The number of nitrogens with two attached hydrogens (primary N) is 8. The number of carbonyl (C=O) groups is 13. The summed E-state index contributed by atoms with van der Waals surface area (Å²) in [6, 6.07) is 50.9. The lowest BCUT2D eigenvalue weighted by molar-refractivity contribution is -0.138. The van der Waals surface area contributed by atoms with Gasteiger partial charge >= 0.3 is 17.9 Å². The van der Waals surface area contributed by atoms with Crippen molar-refractivity contribution < 1.29 is 77.6 Å². The van der Waals surface area contributed by atoms with E-state index in [0.29, 0.717) is 107 Å². The van der Waals surface area contributed by atoms with Crippen molar-refractivity contribution in [3.63, 3.8) is 0 Å². The van der Waals surface area contributed by atoms with Gasteiger partial charge in [0.2, 0.25) is 41.4 Å². The number of nitrogens with one attached hydrogen (secondary N) is 8. The number of hydrogen-bond acceptors (Lipinski definition) is 16. The lowest BCUT2D eigenvalue weighted by Crippen LogP contribution is -2.45. The molecule has 0 fully saturated rings. The molecule has 38 heteroatoms. The highest BCUT2D eigenvalue weighted by Gasteiger charge is 2.36. The molecule has 27 N–H and O–H groups in total. The van der Waals surface area contributed by atoms with Crippen LogP contribution in [0.1, 0.15) is 145 Å². The molecule has 0 aliphatic rings. The summed E-state index contributed by atoms with van der Waals surface area (Å²) in [4.78, 5) is 175. The number of amides is 10. The molecular weight excluding hydrogens is 1650 g/mol. The molecule has 10 amide bonds. The van der Waals surface area contributed by atoms with Crippen LogP contribution in [0.4, 0.5) is 17.1 Å². The number of hydrogen-bond donors (Lipinski definition) is 19. The number of nitrogens with zero attached hydrogens (tertiary/aromatic N) is 6. The van der Waals surface area contributed by atoms with Crippen LogP contribution < -0.4 is 88.4 Å². The normalized spacial score (nSPS) is 11.5. The SMILES string of the molecule is CC(=O)NC(CCC(=O)O)C(=O)Nc1c(C(=O)NC(CCCN=C(N)N)C(N)=O)c(C)n(-c2ccccc2)c1-c1ccccc1.CC(=O)NC(CCCN=C(N)N)C(=O)Nc1c(C(=O)NC(CCC(=O)O)C(N)=O)c(C)n(-c2ccccc2)c1-c1ccccc1.Cc1c(C(=O)NCCCC(=O)O)c(NC(=O)CCCCN=C(N)N)c(-c2ccccc2)n1-c1ccccc1. The lowest BCUT2D eigenvalue weighted by Gasteiger charge is -2.19. The molecule has 0 bridgehead atoms. The molecule has 128 heavy (non-hydrogen) atoms. The summed E-state index contributed by atoms with van der Waals surface area (Å²) in [6.07, 6.45) is 1.48. The monoisotopic (exact) mass is 1750 g/mol. The van der Waals surface area contributed by atoms with E-state index < -0.39 is 95.8 Å². The maximum Gasteiger partial charge on any atom is 0.303 e. The number of aliphatic carboxylic acids is 3.